The summed E-state index contributed by atoms with van der Waals surface area (Å²) >= 11 is 0. The Hall–Kier alpha value is -1.78. The quantitative estimate of drug-likeness (QED) is 0.862. The van der Waals surface area contributed by atoms with E-state index in [9.17, 15) is 14.3 Å². The molecule has 92 valence electrons. The second-order valence-corrected chi connectivity index (χ2v) is 4.39. The van der Waals surface area contributed by atoms with Crippen LogP contribution in [0.1, 0.15) is 13.8 Å². The zero-order valence-corrected chi connectivity index (χ0v) is 9.68. The minimum atomic E-state index is -0.706. The van der Waals surface area contributed by atoms with Crippen LogP contribution in [0, 0.1) is 11.7 Å². The molecule has 1 aromatic carbocycles. The van der Waals surface area contributed by atoms with E-state index < -0.39 is 17.7 Å². The number of halogens is 1. The molecule has 0 unspecified atom stereocenters. The topological polar surface area (TPSA) is 49.8 Å². The summed E-state index contributed by atoms with van der Waals surface area (Å²) in [5.41, 5.74) is 0.449. The second kappa shape index (κ2) is 4.24. The number of anilines is 1. The highest BCUT2D eigenvalue weighted by atomic mass is 19.1. The van der Waals surface area contributed by atoms with Gasteiger partial charge in [0.05, 0.1) is 11.7 Å². The summed E-state index contributed by atoms with van der Waals surface area (Å²) in [6.07, 6.45) is -0.463. The van der Waals surface area contributed by atoms with E-state index in [0.717, 1.165) is 6.07 Å². The molecular weight excluding hydrogens is 225 g/mol. The number of rotatable bonds is 2. The molecule has 1 fully saturated rings. The lowest BCUT2D eigenvalue weighted by Gasteiger charge is -2.24. The normalized spacial score (nSPS) is 19.9. The van der Waals surface area contributed by atoms with Gasteiger partial charge in [0.1, 0.15) is 6.61 Å². The molecule has 17 heavy (non-hydrogen) atoms. The molecule has 1 aromatic rings. The number of carbonyl (C=O) groups is 1. The summed E-state index contributed by atoms with van der Waals surface area (Å²) in [5, 5.41) is 9.32. The Morgan fingerprint density at radius 2 is 2.24 bits per heavy atom. The van der Waals surface area contributed by atoms with Crippen LogP contribution in [-0.4, -0.2) is 23.8 Å². The number of aromatic hydroxyl groups is 1. The highest BCUT2D eigenvalue weighted by molar-refractivity contribution is 5.90. The van der Waals surface area contributed by atoms with Gasteiger partial charge in [-0.3, -0.25) is 4.90 Å². The molecule has 1 saturated heterocycles. The van der Waals surface area contributed by atoms with E-state index in [1.807, 2.05) is 13.8 Å². The third-order valence-electron chi connectivity index (χ3n) is 2.88. The van der Waals surface area contributed by atoms with Gasteiger partial charge in [-0.1, -0.05) is 13.8 Å². The summed E-state index contributed by atoms with van der Waals surface area (Å²) in [5.74, 6) is -0.958. The number of phenolic OH excluding ortho intramolecular Hbond substituents is 1. The van der Waals surface area contributed by atoms with Crippen LogP contribution < -0.4 is 4.90 Å². The molecule has 5 heteroatoms. The first-order valence-electron chi connectivity index (χ1n) is 5.45. The van der Waals surface area contributed by atoms with Crippen LogP contribution in [-0.2, 0) is 4.74 Å². The summed E-state index contributed by atoms with van der Waals surface area (Å²) in [6.45, 7) is 4.26. The molecular formula is C12H14FNO3. The largest absolute Gasteiger partial charge is 0.505 e. The van der Waals surface area contributed by atoms with Crippen LogP contribution in [0.2, 0.25) is 0 Å². The molecule has 0 radical (unpaired) electrons. The van der Waals surface area contributed by atoms with Crippen molar-refractivity contribution < 1.29 is 19.0 Å². The van der Waals surface area contributed by atoms with Crippen LogP contribution in [0.5, 0.6) is 5.75 Å². The molecule has 1 aliphatic heterocycles. The summed E-state index contributed by atoms with van der Waals surface area (Å²) < 4.78 is 17.9. The first kappa shape index (κ1) is 11.7. The van der Waals surface area contributed by atoms with E-state index in [1.165, 1.54) is 17.0 Å². The highest BCUT2D eigenvalue weighted by Crippen LogP contribution is 2.30. The first-order valence-corrected chi connectivity index (χ1v) is 5.45. The fourth-order valence-corrected chi connectivity index (χ4v) is 1.87. The molecule has 1 N–H and O–H groups in total. The third-order valence-corrected chi connectivity index (χ3v) is 2.88. The molecule has 1 atom stereocenters. The van der Waals surface area contributed by atoms with Crippen molar-refractivity contribution in [3.05, 3.63) is 24.0 Å². The molecule has 0 saturated carbocycles. The minimum absolute atomic E-state index is 0.0904. The summed E-state index contributed by atoms with van der Waals surface area (Å²) in [4.78, 5) is 13.1. The predicted molar refractivity (Wildman–Crippen MR) is 60.5 cm³/mol. The van der Waals surface area contributed by atoms with Crippen molar-refractivity contribution in [1.29, 1.82) is 0 Å². The van der Waals surface area contributed by atoms with E-state index in [4.69, 9.17) is 4.74 Å². The Bertz CT molecular complexity index is 447. The minimum Gasteiger partial charge on any atom is -0.505 e. The Kier molecular flexibility index (Phi) is 2.92. The van der Waals surface area contributed by atoms with E-state index in [0.29, 0.717) is 12.3 Å². The van der Waals surface area contributed by atoms with Crippen molar-refractivity contribution >= 4 is 11.8 Å². The van der Waals surface area contributed by atoms with Crippen molar-refractivity contribution in [2.45, 2.75) is 19.9 Å². The second-order valence-electron chi connectivity index (χ2n) is 4.39. The molecule has 0 aliphatic carbocycles. The molecule has 4 nitrogen and oxygen atoms in total. The Balaban J connectivity index is 2.36. The standard InChI is InChI=1S/C12H14FNO3/c1-7(2)10-6-17-12(16)14(10)8-3-4-9(13)11(15)5-8/h3-5,7,10,15H,6H2,1-2H3/t10-/m0/s1. The van der Waals surface area contributed by atoms with Crippen molar-refractivity contribution in [1.82, 2.24) is 0 Å². The molecule has 1 heterocycles. The van der Waals surface area contributed by atoms with Gasteiger partial charge >= 0.3 is 6.09 Å². The van der Waals surface area contributed by atoms with E-state index >= 15 is 0 Å². The smallest absolute Gasteiger partial charge is 0.414 e. The van der Waals surface area contributed by atoms with E-state index in [2.05, 4.69) is 0 Å². The van der Waals surface area contributed by atoms with Crippen molar-refractivity contribution in [3.8, 4) is 5.75 Å². The number of carbonyl (C=O) groups excluding carboxylic acids is 1. The van der Waals surface area contributed by atoms with Crippen molar-refractivity contribution in [2.24, 2.45) is 5.92 Å². The average molecular weight is 239 g/mol. The molecule has 0 spiro atoms. The molecule has 0 aromatic heterocycles. The third kappa shape index (κ3) is 2.05. The number of hydrogen-bond donors (Lipinski definition) is 1. The van der Waals surface area contributed by atoms with Gasteiger partial charge in [0, 0.05) is 6.07 Å². The maximum atomic E-state index is 13.0. The number of nitrogens with zero attached hydrogens (tertiary/aromatic N) is 1. The zero-order chi connectivity index (χ0) is 12.6. The molecule has 1 amide bonds. The summed E-state index contributed by atoms with van der Waals surface area (Å²) in [7, 11) is 0. The van der Waals surface area contributed by atoms with E-state index in [1.54, 1.807) is 0 Å². The first-order chi connectivity index (χ1) is 8.00. The Morgan fingerprint density at radius 3 is 2.82 bits per heavy atom. The number of hydrogen-bond acceptors (Lipinski definition) is 3. The SMILES string of the molecule is CC(C)[C@@H]1COC(=O)N1c1ccc(F)c(O)c1. The zero-order valence-electron chi connectivity index (χ0n) is 9.68. The lowest BCUT2D eigenvalue weighted by atomic mass is 10.0. The average Bonchev–Trinajstić information content (AvgIpc) is 2.64. The molecule has 2 rings (SSSR count). The van der Waals surface area contributed by atoms with E-state index in [-0.39, 0.29) is 12.0 Å². The van der Waals surface area contributed by atoms with Gasteiger partial charge in [-0.05, 0) is 18.1 Å². The van der Waals surface area contributed by atoms with Gasteiger partial charge in [0.2, 0.25) is 0 Å². The summed E-state index contributed by atoms with van der Waals surface area (Å²) in [6, 6.07) is 3.73. The van der Waals surface area contributed by atoms with Crippen molar-refractivity contribution in [2.75, 3.05) is 11.5 Å². The van der Waals surface area contributed by atoms with Gasteiger partial charge in [-0.25, -0.2) is 9.18 Å². The number of cyclic esters (lactones) is 1. The van der Waals surface area contributed by atoms with Crippen LogP contribution in [0.15, 0.2) is 18.2 Å². The monoisotopic (exact) mass is 239 g/mol. The molecule has 0 bridgehead atoms. The Labute approximate surface area is 98.6 Å². The van der Waals surface area contributed by atoms with Gasteiger partial charge in [0.25, 0.3) is 0 Å². The van der Waals surface area contributed by atoms with Crippen LogP contribution >= 0.6 is 0 Å². The molecule has 1 aliphatic rings. The number of ether oxygens (including phenoxy) is 1. The van der Waals surface area contributed by atoms with Gasteiger partial charge in [-0.2, -0.15) is 0 Å². The fraction of sp³-hybridized carbons (Fsp3) is 0.417. The fourth-order valence-electron chi connectivity index (χ4n) is 1.87. The van der Waals surface area contributed by atoms with Crippen LogP contribution in [0.25, 0.3) is 0 Å². The number of phenols is 1. The maximum Gasteiger partial charge on any atom is 0.414 e. The lowest BCUT2D eigenvalue weighted by Crippen LogP contribution is -2.37. The van der Waals surface area contributed by atoms with Crippen molar-refractivity contribution in [3.63, 3.8) is 0 Å². The van der Waals surface area contributed by atoms with Gasteiger partial charge in [-0.15, -0.1) is 0 Å². The maximum absolute atomic E-state index is 13.0. The Morgan fingerprint density at radius 1 is 1.53 bits per heavy atom. The predicted octanol–water partition coefficient (Wildman–Crippen LogP) is 2.51. The van der Waals surface area contributed by atoms with Gasteiger partial charge < -0.3 is 9.84 Å². The van der Waals surface area contributed by atoms with Gasteiger partial charge in [0.15, 0.2) is 11.6 Å². The highest BCUT2D eigenvalue weighted by Gasteiger charge is 2.36. The van der Waals surface area contributed by atoms with Crippen LogP contribution in [0.4, 0.5) is 14.9 Å². The lowest BCUT2D eigenvalue weighted by molar-refractivity contribution is 0.177. The number of benzene rings is 1. The number of amides is 1. The van der Waals surface area contributed by atoms with Crippen LogP contribution in [0.3, 0.4) is 0 Å².